The van der Waals surface area contributed by atoms with Crippen LogP contribution in [0.4, 0.5) is 5.69 Å². The number of hydrogen-bond donors (Lipinski definition) is 1. The zero-order valence-electron chi connectivity index (χ0n) is 16.3. The molecule has 1 amide bonds. The molecule has 1 N–H and O–H groups in total. The van der Waals surface area contributed by atoms with E-state index in [2.05, 4.69) is 15.3 Å². The summed E-state index contributed by atoms with van der Waals surface area (Å²) in [5.74, 6) is 1.26. The Labute approximate surface area is 174 Å². The number of carbonyl (C=O) groups is 1. The highest BCUT2D eigenvalue weighted by Gasteiger charge is 2.06. The Kier molecular flexibility index (Phi) is 7.03. The maximum Gasteiger partial charge on any atom is 0.322 e. The van der Waals surface area contributed by atoms with Gasteiger partial charge in [0, 0.05) is 28.5 Å². The van der Waals surface area contributed by atoms with Gasteiger partial charge >= 0.3 is 6.01 Å². The molecule has 0 unspecified atom stereocenters. The van der Waals surface area contributed by atoms with Crippen molar-refractivity contribution < 1.29 is 14.3 Å². The Morgan fingerprint density at radius 3 is 2.24 bits per heavy atom. The van der Waals surface area contributed by atoms with Crippen LogP contribution in [0.5, 0.6) is 17.5 Å². The summed E-state index contributed by atoms with van der Waals surface area (Å²) in [6, 6.07) is 16.4. The number of nitrogens with zero attached hydrogens (tertiary/aromatic N) is 2. The number of aryl methyl sites for hydroxylation is 2. The van der Waals surface area contributed by atoms with Crippen LogP contribution in [0.2, 0.25) is 5.02 Å². The van der Waals surface area contributed by atoms with Crippen molar-refractivity contribution in [3.05, 3.63) is 71.0 Å². The first-order valence-corrected chi connectivity index (χ1v) is 9.64. The fourth-order valence-corrected chi connectivity index (χ4v) is 2.75. The van der Waals surface area contributed by atoms with Gasteiger partial charge in [-0.25, -0.2) is 9.97 Å². The van der Waals surface area contributed by atoms with Gasteiger partial charge in [-0.05, 0) is 74.9 Å². The molecule has 3 aromatic rings. The number of nitrogens with one attached hydrogen (secondary N) is 1. The average molecular weight is 412 g/mol. The van der Waals surface area contributed by atoms with Crippen LogP contribution in [0.1, 0.15) is 24.2 Å². The van der Waals surface area contributed by atoms with Crippen molar-refractivity contribution in [3.8, 4) is 17.5 Å². The van der Waals surface area contributed by atoms with Crippen LogP contribution < -0.4 is 14.8 Å². The van der Waals surface area contributed by atoms with E-state index in [-0.39, 0.29) is 5.91 Å². The second-order valence-corrected chi connectivity index (χ2v) is 6.95. The molecule has 0 bridgehead atoms. The summed E-state index contributed by atoms with van der Waals surface area (Å²) in [6.45, 7) is 4.24. The second kappa shape index (κ2) is 9.89. The third-order valence-electron chi connectivity index (χ3n) is 3.94. The molecule has 29 heavy (non-hydrogen) atoms. The maximum atomic E-state index is 12.1. The summed E-state index contributed by atoms with van der Waals surface area (Å²) < 4.78 is 11.3. The van der Waals surface area contributed by atoms with Gasteiger partial charge in [0.25, 0.3) is 0 Å². The molecule has 0 fully saturated rings. The second-order valence-electron chi connectivity index (χ2n) is 6.51. The summed E-state index contributed by atoms with van der Waals surface area (Å²) >= 11 is 5.83. The molecule has 0 saturated carbocycles. The Morgan fingerprint density at radius 2 is 1.59 bits per heavy atom. The zero-order chi connectivity index (χ0) is 20.6. The number of ether oxygens (including phenoxy) is 2. The molecule has 1 aromatic heterocycles. The first-order chi connectivity index (χ1) is 14.0. The minimum Gasteiger partial charge on any atom is -0.494 e. The number of benzene rings is 2. The summed E-state index contributed by atoms with van der Waals surface area (Å²) in [4.78, 5) is 20.6. The Morgan fingerprint density at radius 1 is 0.966 bits per heavy atom. The summed E-state index contributed by atoms with van der Waals surface area (Å²) in [5.41, 5.74) is 2.38. The van der Waals surface area contributed by atoms with E-state index in [1.165, 1.54) is 0 Å². The Balaban J connectivity index is 1.42. The van der Waals surface area contributed by atoms with Crippen LogP contribution in [-0.4, -0.2) is 22.5 Å². The lowest BCUT2D eigenvalue weighted by molar-refractivity contribution is -0.116. The van der Waals surface area contributed by atoms with Crippen molar-refractivity contribution in [3.63, 3.8) is 0 Å². The number of anilines is 1. The Hall–Kier alpha value is -3.12. The number of aromatic nitrogens is 2. The topological polar surface area (TPSA) is 73.3 Å². The third-order valence-corrected chi connectivity index (χ3v) is 4.19. The number of amides is 1. The predicted molar refractivity (Wildman–Crippen MR) is 113 cm³/mol. The quantitative estimate of drug-likeness (QED) is 0.506. The van der Waals surface area contributed by atoms with E-state index >= 15 is 0 Å². The molecule has 2 aromatic carbocycles. The molecular weight excluding hydrogens is 390 g/mol. The standard InChI is InChI=1S/C22H22ClN3O3/c1-15-14-16(2)25-22(24-15)29-20-11-7-18(8-12-20)26-21(27)4-3-13-28-19-9-5-17(23)6-10-19/h5-12,14H,3-4,13H2,1-2H3,(H,26,27). The molecule has 0 aliphatic rings. The molecule has 0 atom stereocenters. The first-order valence-electron chi connectivity index (χ1n) is 9.26. The van der Waals surface area contributed by atoms with E-state index in [1.54, 1.807) is 48.5 Å². The number of halogens is 1. The van der Waals surface area contributed by atoms with E-state index in [0.717, 1.165) is 17.1 Å². The largest absolute Gasteiger partial charge is 0.494 e. The minimum atomic E-state index is -0.0731. The Bertz CT molecular complexity index is 940. The molecule has 7 heteroatoms. The maximum absolute atomic E-state index is 12.1. The summed E-state index contributed by atoms with van der Waals surface area (Å²) in [6.07, 6.45) is 0.974. The first kappa shape index (κ1) is 20.6. The highest BCUT2D eigenvalue weighted by atomic mass is 35.5. The summed E-state index contributed by atoms with van der Waals surface area (Å²) in [7, 11) is 0. The molecule has 6 nitrogen and oxygen atoms in total. The molecule has 0 spiro atoms. The van der Waals surface area contributed by atoms with Gasteiger partial charge in [0.15, 0.2) is 0 Å². The van der Waals surface area contributed by atoms with E-state index < -0.39 is 0 Å². The molecule has 0 radical (unpaired) electrons. The highest BCUT2D eigenvalue weighted by molar-refractivity contribution is 6.30. The molecule has 1 heterocycles. The SMILES string of the molecule is Cc1cc(C)nc(Oc2ccc(NC(=O)CCCOc3ccc(Cl)cc3)cc2)n1. The van der Waals surface area contributed by atoms with Gasteiger partial charge in [0.2, 0.25) is 5.91 Å². The van der Waals surface area contributed by atoms with Crippen molar-refractivity contribution >= 4 is 23.2 Å². The predicted octanol–water partition coefficient (Wildman–Crippen LogP) is 5.34. The number of hydrogen-bond acceptors (Lipinski definition) is 5. The van der Waals surface area contributed by atoms with Crippen LogP contribution in [0.15, 0.2) is 54.6 Å². The van der Waals surface area contributed by atoms with Crippen molar-refractivity contribution in [1.82, 2.24) is 9.97 Å². The molecule has 3 rings (SSSR count). The van der Waals surface area contributed by atoms with Gasteiger partial charge in [-0.3, -0.25) is 4.79 Å². The van der Waals surface area contributed by atoms with Crippen molar-refractivity contribution in [2.24, 2.45) is 0 Å². The normalized spacial score (nSPS) is 10.4. The van der Waals surface area contributed by atoms with Gasteiger partial charge < -0.3 is 14.8 Å². The molecular formula is C22H22ClN3O3. The van der Waals surface area contributed by atoms with Crippen LogP contribution >= 0.6 is 11.6 Å². The van der Waals surface area contributed by atoms with Gasteiger partial charge in [-0.1, -0.05) is 11.6 Å². The fraction of sp³-hybridized carbons (Fsp3) is 0.227. The smallest absolute Gasteiger partial charge is 0.322 e. The summed E-state index contributed by atoms with van der Waals surface area (Å²) in [5, 5.41) is 3.52. The number of carbonyl (C=O) groups excluding carboxylic acids is 1. The lowest BCUT2D eigenvalue weighted by atomic mass is 10.2. The van der Waals surface area contributed by atoms with Crippen LogP contribution in [0.3, 0.4) is 0 Å². The monoisotopic (exact) mass is 411 g/mol. The number of rotatable bonds is 8. The molecule has 150 valence electrons. The molecule has 0 aliphatic carbocycles. The van der Waals surface area contributed by atoms with Crippen LogP contribution in [0.25, 0.3) is 0 Å². The van der Waals surface area contributed by atoms with Gasteiger partial charge in [0.1, 0.15) is 11.5 Å². The van der Waals surface area contributed by atoms with Crippen molar-refractivity contribution in [2.75, 3.05) is 11.9 Å². The van der Waals surface area contributed by atoms with Crippen LogP contribution in [-0.2, 0) is 4.79 Å². The molecule has 0 aliphatic heterocycles. The van der Waals surface area contributed by atoms with Gasteiger partial charge in [-0.2, -0.15) is 0 Å². The van der Waals surface area contributed by atoms with E-state index in [1.807, 2.05) is 19.9 Å². The zero-order valence-corrected chi connectivity index (χ0v) is 17.1. The average Bonchev–Trinajstić information content (AvgIpc) is 2.67. The van der Waals surface area contributed by atoms with Crippen molar-refractivity contribution in [1.29, 1.82) is 0 Å². The van der Waals surface area contributed by atoms with E-state index in [0.29, 0.717) is 41.9 Å². The van der Waals surface area contributed by atoms with E-state index in [9.17, 15) is 4.79 Å². The third kappa shape index (κ3) is 6.76. The fourth-order valence-electron chi connectivity index (χ4n) is 2.63. The highest BCUT2D eigenvalue weighted by Crippen LogP contribution is 2.21. The van der Waals surface area contributed by atoms with Gasteiger partial charge in [0.05, 0.1) is 6.61 Å². The van der Waals surface area contributed by atoms with Crippen molar-refractivity contribution in [2.45, 2.75) is 26.7 Å². The van der Waals surface area contributed by atoms with Crippen LogP contribution in [0, 0.1) is 13.8 Å². The molecule has 0 saturated heterocycles. The van der Waals surface area contributed by atoms with Gasteiger partial charge in [-0.15, -0.1) is 0 Å². The lowest BCUT2D eigenvalue weighted by Crippen LogP contribution is -2.12. The van der Waals surface area contributed by atoms with E-state index in [4.69, 9.17) is 21.1 Å². The lowest BCUT2D eigenvalue weighted by Gasteiger charge is -2.09. The minimum absolute atomic E-state index is 0.0731.